The summed E-state index contributed by atoms with van der Waals surface area (Å²) in [6.07, 6.45) is 25.0. The van der Waals surface area contributed by atoms with Gasteiger partial charge in [-0.25, -0.2) is 4.79 Å². The van der Waals surface area contributed by atoms with Gasteiger partial charge in [0, 0.05) is 57.0 Å². The van der Waals surface area contributed by atoms with Gasteiger partial charge in [0.15, 0.2) is 0 Å². The number of likely N-dealkylation sites (tertiary alicyclic amines) is 2. The Morgan fingerprint density at radius 1 is 0.419 bits per heavy atom. The van der Waals surface area contributed by atoms with Crippen molar-refractivity contribution in [2.45, 2.75) is 258 Å². The molecule has 1 amide bonds. The van der Waals surface area contributed by atoms with Gasteiger partial charge < -0.3 is 38.1 Å². The third kappa shape index (κ3) is 33.9. The van der Waals surface area contributed by atoms with Gasteiger partial charge in [-0.2, -0.15) is 0 Å². The first-order valence-electron chi connectivity index (χ1n) is 29.5. The molecular formula is C58H102N2O14. The van der Waals surface area contributed by atoms with Gasteiger partial charge in [-0.1, -0.05) is 156 Å². The van der Waals surface area contributed by atoms with Crippen LogP contribution < -0.4 is 0 Å². The standard InChI is InChI=1S/C58H102N2O14/c1-6-10-14-18-22-26-30-52(61)68-42-47(43-69-53(62)31-27-23-19-15-11-7-2)38-56(65)72-46-49-40-51(41-60(49)58(67)74-50-34-36-59(5)37-35-50)73-57(66)39-48(44-70-54(63)32-28-24-20-16-12-8-3)45-71-55(64)33-29-25-21-17-13-9-4/h47-51H,6-46H2,1-5H3/t49-,51+/m0/s1. The highest BCUT2D eigenvalue weighted by Crippen LogP contribution is 2.26. The summed E-state index contributed by atoms with van der Waals surface area (Å²) in [4.78, 5) is 95.5. The predicted octanol–water partition coefficient (Wildman–Crippen LogP) is 11.9. The first-order chi connectivity index (χ1) is 35.9. The fourth-order valence-electron chi connectivity index (χ4n) is 9.27. The van der Waals surface area contributed by atoms with E-state index in [1.54, 1.807) is 0 Å². The summed E-state index contributed by atoms with van der Waals surface area (Å²) >= 11 is 0. The van der Waals surface area contributed by atoms with Gasteiger partial charge in [0.25, 0.3) is 0 Å². The Labute approximate surface area is 446 Å². The van der Waals surface area contributed by atoms with Crippen molar-refractivity contribution in [3.8, 4) is 0 Å². The molecule has 2 rings (SSSR count). The van der Waals surface area contributed by atoms with E-state index in [4.69, 9.17) is 33.2 Å². The molecule has 0 spiro atoms. The molecule has 2 aliphatic rings. The summed E-state index contributed by atoms with van der Waals surface area (Å²) in [6, 6.07) is -0.694. The maximum atomic E-state index is 13.8. The molecule has 0 aromatic carbocycles. The van der Waals surface area contributed by atoms with Crippen LogP contribution in [0.1, 0.15) is 240 Å². The SMILES string of the molecule is CCCCCCCCC(=O)OCC(COC(=O)CCCCCCCC)CC(=O)OC[C@@H]1C[C@@H](OC(=O)CC(COC(=O)CCCCCCCC)COC(=O)CCCCCCCC)CN1C(=O)OC1CCN(C)CC1. The van der Waals surface area contributed by atoms with Crippen LogP contribution in [0.25, 0.3) is 0 Å². The number of carbonyl (C=O) groups is 7. The molecular weight excluding hydrogens is 949 g/mol. The normalized spacial score (nSPS) is 16.1. The molecule has 0 aromatic rings. The first kappa shape index (κ1) is 66.2. The zero-order valence-electron chi connectivity index (χ0n) is 47.0. The van der Waals surface area contributed by atoms with Crippen LogP contribution >= 0.6 is 0 Å². The third-order valence-electron chi connectivity index (χ3n) is 14.0. The fraction of sp³-hybridized carbons (Fsp3) is 0.879. The van der Waals surface area contributed by atoms with Gasteiger partial charge in [-0.3, -0.25) is 33.7 Å². The zero-order valence-corrected chi connectivity index (χ0v) is 47.0. The Balaban J connectivity index is 2.12. The molecule has 0 aromatic heterocycles. The van der Waals surface area contributed by atoms with Crippen LogP contribution in [0.4, 0.5) is 4.79 Å². The molecule has 0 radical (unpaired) electrons. The zero-order chi connectivity index (χ0) is 54.0. The van der Waals surface area contributed by atoms with Crippen molar-refractivity contribution in [1.29, 1.82) is 0 Å². The van der Waals surface area contributed by atoms with Crippen molar-refractivity contribution in [3.63, 3.8) is 0 Å². The molecule has 0 bridgehead atoms. The minimum Gasteiger partial charge on any atom is -0.465 e. The van der Waals surface area contributed by atoms with Gasteiger partial charge in [0.05, 0.1) is 51.9 Å². The summed E-state index contributed by atoms with van der Waals surface area (Å²) in [5.41, 5.74) is 0. The van der Waals surface area contributed by atoms with Crippen LogP contribution in [0.3, 0.4) is 0 Å². The number of hydrogen-bond donors (Lipinski definition) is 0. The smallest absolute Gasteiger partial charge is 0.410 e. The summed E-state index contributed by atoms with van der Waals surface area (Å²) in [6.45, 7) is 9.45. The van der Waals surface area contributed by atoms with Gasteiger partial charge in [-0.05, 0) is 45.6 Å². The van der Waals surface area contributed by atoms with E-state index in [0.717, 1.165) is 142 Å². The highest BCUT2D eigenvalue weighted by atomic mass is 16.6. The van der Waals surface area contributed by atoms with Crippen molar-refractivity contribution in [3.05, 3.63) is 0 Å². The van der Waals surface area contributed by atoms with Crippen molar-refractivity contribution in [2.75, 3.05) is 59.7 Å². The number of esters is 6. The highest BCUT2D eigenvalue weighted by Gasteiger charge is 2.40. The van der Waals surface area contributed by atoms with Gasteiger partial charge in [0.2, 0.25) is 0 Å². The Morgan fingerprint density at radius 3 is 1.15 bits per heavy atom. The Hall–Kier alpha value is -3.95. The highest BCUT2D eigenvalue weighted by molar-refractivity contribution is 5.73. The number of ether oxygens (including phenoxy) is 7. The number of amides is 1. The minimum atomic E-state index is -0.771. The van der Waals surface area contributed by atoms with E-state index in [1.165, 1.54) is 4.90 Å². The van der Waals surface area contributed by atoms with Crippen molar-refractivity contribution in [2.24, 2.45) is 11.8 Å². The van der Waals surface area contributed by atoms with Crippen LogP contribution in [0, 0.1) is 11.8 Å². The molecule has 16 nitrogen and oxygen atoms in total. The lowest BCUT2D eigenvalue weighted by atomic mass is 10.1. The van der Waals surface area contributed by atoms with Gasteiger partial charge in [0.1, 0.15) is 18.8 Å². The quantitative estimate of drug-likeness (QED) is 0.0318. The van der Waals surface area contributed by atoms with Crippen LogP contribution in [0.15, 0.2) is 0 Å². The van der Waals surface area contributed by atoms with E-state index in [1.807, 2.05) is 7.05 Å². The number of carbonyl (C=O) groups excluding carboxylic acids is 7. The van der Waals surface area contributed by atoms with Crippen LogP contribution in [-0.4, -0.2) is 130 Å². The number of piperidine rings is 1. The summed E-state index contributed by atoms with van der Waals surface area (Å²) in [5, 5.41) is 0. The average molecular weight is 1050 g/mol. The van der Waals surface area contributed by atoms with Crippen LogP contribution in [0.5, 0.6) is 0 Å². The van der Waals surface area contributed by atoms with E-state index in [0.29, 0.717) is 38.5 Å². The molecule has 0 N–H and O–H groups in total. The summed E-state index contributed by atoms with van der Waals surface area (Å²) in [7, 11) is 2.01. The van der Waals surface area contributed by atoms with Crippen LogP contribution in [0.2, 0.25) is 0 Å². The molecule has 2 fully saturated rings. The van der Waals surface area contributed by atoms with Crippen molar-refractivity contribution in [1.82, 2.24) is 9.80 Å². The van der Waals surface area contributed by atoms with E-state index in [-0.39, 0.29) is 115 Å². The lowest BCUT2D eigenvalue weighted by Crippen LogP contribution is -2.43. The van der Waals surface area contributed by atoms with Gasteiger partial charge >= 0.3 is 41.9 Å². The minimum absolute atomic E-state index is 0.00367. The molecule has 2 aliphatic heterocycles. The van der Waals surface area contributed by atoms with Crippen molar-refractivity contribution >= 4 is 41.9 Å². The predicted molar refractivity (Wildman–Crippen MR) is 285 cm³/mol. The second-order valence-corrected chi connectivity index (χ2v) is 21.2. The molecule has 2 saturated heterocycles. The fourth-order valence-corrected chi connectivity index (χ4v) is 9.27. The number of rotatable bonds is 44. The second-order valence-electron chi connectivity index (χ2n) is 21.2. The second kappa shape index (κ2) is 43.2. The number of nitrogens with zero attached hydrogens (tertiary/aromatic N) is 2. The molecule has 0 saturated carbocycles. The maximum absolute atomic E-state index is 13.8. The van der Waals surface area contributed by atoms with E-state index >= 15 is 0 Å². The maximum Gasteiger partial charge on any atom is 0.410 e. The van der Waals surface area contributed by atoms with Crippen LogP contribution in [-0.2, 0) is 61.9 Å². The summed E-state index contributed by atoms with van der Waals surface area (Å²) < 4.78 is 40.1. The lowest BCUT2D eigenvalue weighted by Gasteiger charge is -2.31. The average Bonchev–Trinajstić information content (AvgIpc) is 3.79. The molecule has 16 heteroatoms. The molecule has 74 heavy (non-hydrogen) atoms. The molecule has 2 heterocycles. The van der Waals surface area contributed by atoms with Gasteiger partial charge in [-0.15, -0.1) is 0 Å². The first-order valence-corrected chi connectivity index (χ1v) is 29.5. The Morgan fingerprint density at radius 2 is 0.770 bits per heavy atom. The van der Waals surface area contributed by atoms with E-state index in [2.05, 4.69) is 32.6 Å². The lowest BCUT2D eigenvalue weighted by molar-refractivity contribution is -0.157. The monoisotopic (exact) mass is 1050 g/mol. The van der Waals surface area contributed by atoms with Crippen molar-refractivity contribution < 1.29 is 66.7 Å². The molecule has 0 aliphatic carbocycles. The number of unbranched alkanes of at least 4 members (excludes halogenated alkanes) is 20. The largest absolute Gasteiger partial charge is 0.465 e. The molecule has 2 atom stereocenters. The van der Waals surface area contributed by atoms with E-state index in [9.17, 15) is 33.6 Å². The molecule has 0 unspecified atom stereocenters. The summed E-state index contributed by atoms with van der Waals surface area (Å²) in [5.74, 6) is -4.02. The van der Waals surface area contributed by atoms with E-state index < -0.39 is 42.0 Å². The topological polar surface area (TPSA) is 191 Å². The Kier molecular flexibility index (Phi) is 38.6. The third-order valence-corrected chi connectivity index (χ3v) is 14.0. The Bertz CT molecular complexity index is 1470. The molecule has 428 valence electrons. The number of hydrogen-bond acceptors (Lipinski definition) is 15.